The summed E-state index contributed by atoms with van der Waals surface area (Å²) in [5.41, 5.74) is 2.21. The number of piperidine rings is 1. The molecule has 0 N–H and O–H groups in total. The molecular weight excluding hydrogens is 405 g/mol. The number of fused-ring (bicyclic) bond motifs is 6. The Bertz CT molecular complexity index is 1050. The summed E-state index contributed by atoms with van der Waals surface area (Å²) < 4.78 is 0. The highest BCUT2D eigenvalue weighted by Gasteiger charge is 2.73. The largest absolute Gasteiger partial charge is 0.339 e. The summed E-state index contributed by atoms with van der Waals surface area (Å²) in [6, 6.07) is 3.84. The predicted molar refractivity (Wildman–Crippen MR) is 117 cm³/mol. The Balaban J connectivity index is 1.76. The highest BCUT2D eigenvalue weighted by molar-refractivity contribution is 6.42. The van der Waals surface area contributed by atoms with Crippen LogP contribution >= 0.6 is 23.2 Å². The molecule has 2 fully saturated rings. The molecule has 2 bridgehead atoms. The number of aromatic nitrogens is 2. The minimum atomic E-state index is -0.629. The van der Waals surface area contributed by atoms with Gasteiger partial charge in [0.05, 0.1) is 37.9 Å². The van der Waals surface area contributed by atoms with Crippen molar-refractivity contribution in [2.75, 3.05) is 6.54 Å². The zero-order chi connectivity index (χ0) is 20.8. The molecule has 5 rings (SSSR count). The highest BCUT2D eigenvalue weighted by Crippen LogP contribution is 2.70. The lowest BCUT2D eigenvalue weighted by atomic mass is 9.63. The van der Waals surface area contributed by atoms with E-state index in [0.29, 0.717) is 15.6 Å². The molecule has 1 saturated heterocycles. The lowest BCUT2D eigenvalue weighted by Gasteiger charge is -2.45. The standard InChI is InChI=1S/C23H27Cl2N3O/c1-13-7-5-6-10-28(13)20(29)23-9-8-22(4,21(23,2)3)18-19(23)27-17-12-15(25)14(24)11-16(17)26-18/h11-13H,5-10H2,1-4H3. The second-order valence-electron chi connectivity index (χ2n) is 9.88. The van der Waals surface area contributed by atoms with Crippen LogP contribution in [-0.4, -0.2) is 33.4 Å². The molecule has 2 heterocycles. The van der Waals surface area contributed by atoms with E-state index in [-0.39, 0.29) is 22.8 Å². The summed E-state index contributed by atoms with van der Waals surface area (Å²) in [6.45, 7) is 9.75. The minimum absolute atomic E-state index is 0.190. The zero-order valence-electron chi connectivity index (χ0n) is 17.5. The third-order valence-electron chi connectivity index (χ3n) is 8.51. The Morgan fingerprint density at radius 2 is 1.66 bits per heavy atom. The first-order valence-electron chi connectivity index (χ1n) is 10.6. The second-order valence-corrected chi connectivity index (χ2v) is 10.7. The lowest BCUT2D eigenvalue weighted by Crippen LogP contribution is -2.56. The van der Waals surface area contributed by atoms with E-state index in [1.807, 2.05) is 0 Å². The Morgan fingerprint density at radius 3 is 2.28 bits per heavy atom. The maximum Gasteiger partial charge on any atom is 0.235 e. The first kappa shape index (κ1) is 19.6. The van der Waals surface area contributed by atoms with Gasteiger partial charge in [0.25, 0.3) is 0 Å². The van der Waals surface area contributed by atoms with Crippen molar-refractivity contribution in [2.45, 2.75) is 76.7 Å². The summed E-state index contributed by atoms with van der Waals surface area (Å²) in [4.78, 5) is 26.4. The van der Waals surface area contributed by atoms with E-state index in [9.17, 15) is 4.79 Å². The van der Waals surface area contributed by atoms with Crippen LogP contribution in [0.5, 0.6) is 0 Å². The van der Waals surface area contributed by atoms with Crippen LogP contribution in [0.4, 0.5) is 0 Å². The van der Waals surface area contributed by atoms with E-state index in [1.54, 1.807) is 12.1 Å². The van der Waals surface area contributed by atoms with E-state index in [0.717, 1.165) is 49.1 Å². The van der Waals surface area contributed by atoms with Crippen molar-refractivity contribution < 1.29 is 4.79 Å². The summed E-state index contributed by atoms with van der Waals surface area (Å²) in [7, 11) is 0. The van der Waals surface area contributed by atoms with Crippen LogP contribution in [0.15, 0.2) is 12.1 Å². The molecule has 3 unspecified atom stereocenters. The Morgan fingerprint density at radius 1 is 1.03 bits per heavy atom. The van der Waals surface area contributed by atoms with Crippen molar-refractivity contribution in [1.29, 1.82) is 0 Å². The van der Waals surface area contributed by atoms with Crippen LogP contribution in [0, 0.1) is 5.41 Å². The maximum atomic E-state index is 14.2. The number of hydrogen-bond donors (Lipinski definition) is 0. The van der Waals surface area contributed by atoms with E-state index in [1.165, 1.54) is 6.42 Å². The van der Waals surface area contributed by atoms with Gasteiger partial charge in [0.1, 0.15) is 0 Å². The first-order chi connectivity index (χ1) is 13.6. The molecular formula is C23H27Cl2N3O. The smallest absolute Gasteiger partial charge is 0.235 e. The van der Waals surface area contributed by atoms with Crippen molar-refractivity contribution in [3.05, 3.63) is 33.6 Å². The van der Waals surface area contributed by atoms with Gasteiger partial charge in [-0.25, -0.2) is 9.97 Å². The second kappa shape index (κ2) is 6.07. The molecule has 2 aliphatic carbocycles. The molecule has 0 radical (unpaired) electrons. The number of rotatable bonds is 1. The molecule has 0 spiro atoms. The average molecular weight is 432 g/mol. The van der Waals surface area contributed by atoms with Crippen LogP contribution in [0.25, 0.3) is 11.0 Å². The molecule has 1 saturated carbocycles. The molecule has 3 atom stereocenters. The average Bonchev–Trinajstić information content (AvgIpc) is 2.97. The van der Waals surface area contributed by atoms with E-state index in [2.05, 4.69) is 32.6 Å². The third kappa shape index (κ3) is 2.25. The van der Waals surface area contributed by atoms with Crippen molar-refractivity contribution in [3.63, 3.8) is 0 Å². The predicted octanol–water partition coefficient (Wildman–Crippen LogP) is 5.67. The number of benzene rings is 1. The molecule has 1 aliphatic heterocycles. The number of carbonyl (C=O) groups excluding carboxylic acids is 1. The topological polar surface area (TPSA) is 46.1 Å². The molecule has 3 aliphatic rings. The van der Waals surface area contributed by atoms with Gasteiger partial charge in [-0.3, -0.25) is 4.79 Å². The van der Waals surface area contributed by atoms with Crippen molar-refractivity contribution in [3.8, 4) is 0 Å². The monoisotopic (exact) mass is 431 g/mol. The van der Waals surface area contributed by atoms with Gasteiger partial charge in [0, 0.05) is 18.0 Å². The molecule has 6 heteroatoms. The van der Waals surface area contributed by atoms with Gasteiger partial charge in [0.2, 0.25) is 5.91 Å². The van der Waals surface area contributed by atoms with Gasteiger partial charge in [-0.05, 0) is 56.6 Å². The van der Waals surface area contributed by atoms with Crippen LogP contribution in [0.2, 0.25) is 10.0 Å². The van der Waals surface area contributed by atoms with Crippen LogP contribution in [0.1, 0.15) is 71.2 Å². The summed E-state index contributed by atoms with van der Waals surface area (Å²) in [6.07, 6.45) is 5.12. The van der Waals surface area contributed by atoms with E-state index in [4.69, 9.17) is 33.2 Å². The zero-order valence-corrected chi connectivity index (χ0v) is 19.0. The third-order valence-corrected chi connectivity index (χ3v) is 9.23. The van der Waals surface area contributed by atoms with Crippen molar-refractivity contribution in [1.82, 2.24) is 14.9 Å². The van der Waals surface area contributed by atoms with Gasteiger partial charge in [-0.1, -0.05) is 44.0 Å². The number of amides is 1. The number of hydrogen-bond acceptors (Lipinski definition) is 3. The number of halogens is 2. The van der Waals surface area contributed by atoms with Crippen LogP contribution in [-0.2, 0) is 15.6 Å². The Kier molecular flexibility index (Phi) is 4.10. The molecule has 1 aromatic carbocycles. The summed E-state index contributed by atoms with van der Waals surface area (Å²) in [5, 5.41) is 0.945. The molecule has 1 aromatic heterocycles. The van der Waals surface area contributed by atoms with Gasteiger partial charge in [-0.2, -0.15) is 0 Å². The normalized spacial score (nSPS) is 32.6. The maximum absolute atomic E-state index is 14.2. The number of likely N-dealkylation sites (tertiary alicyclic amines) is 1. The van der Waals surface area contributed by atoms with Crippen molar-refractivity contribution >= 4 is 40.1 Å². The quantitative estimate of drug-likeness (QED) is 0.584. The van der Waals surface area contributed by atoms with Crippen LogP contribution < -0.4 is 0 Å². The van der Waals surface area contributed by atoms with Gasteiger partial charge < -0.3 is 4.90 Å². The minimum Gasteiger partial charge on any atom is -0.339 e. The van der Waals surface area contributed by atoms with Gasteiger partial charge in [0.15, 0.2) is 0 Å². The summed E-state index contributed by atoms with van der Waals surface area (Å²) in [5.74, 6) is 0.242. The molecule has 4 nitrogen and oxygen atoms in total. The SMILES string of the molecule is CC1CCCCN1C(=O)C12CCC(C)(c3nc4cc(Cl)c(Cl)cc4nc31)C2(C)C. The fraction of sp³-hybridized carbons (Fsp3) is 0.609. The fourth-order valence-corrected chi connectivity index (χ4v) is 6.53. The molecule has 154 valence electrons. The Labute approximate surface area is 182 Å². The fourth-order valence-electron chi connectivity index (χ4n) is 6.22. The highest BCUT2D eigenvalue weighted by atomic mass is 35.5. The van der Waals surface area contributed by atoms with Gasteiger partial charge >= 0.3 is 0 Å². The number of nitrogens with zero attached hydrogens (tertiary/aromatic N) is 3. The van der Waals surface area contributed by atoms with Gasteiger partial charge in [-0.15, -0.1) is 0 Å². The summed E-state index contributed by atoms with van der Waals surface area (Å²) >= 11 is 12.5. The van der Waals surface area contributed by atoms with E-state index >= 15 is 0 Å². The molecule has 29 heavy (non-hydrogen) atoms. The Hall–Kier alpha value is -1.39. The van der Waals surface area contributed by atoms with E-state index < -0.39 is 5.41 Å². The molecule has 2 aromatic rings. The number of carbonyl (C=O) groups is 1. The molecule has 1 amide bonds. The van der Waals surface area contributed by atoms with Crippen LogP contribution in [0.3, 0.4) is 0 Å². The lowest BCUT2D eigenvalue weighted by molar-refractivity contribution is -0.144. The van der Waals surface area contributed by atoms with Crippen molar-refractivity contribution in [2.24, 2.45) is 5.41 Å². The first-order valence-corrected chi connectivity index (χ1v) is 11.4.